The predicted molar refractivity (Wildman–Crippen MR) is 126 cm³/mol. The Balaban J connectivity index is 0.000000158. The van der Waals surface area contributed by atoms with Gasteiger partial charge in [0, 0.05) is 6.38 Å². The average Bonchev–Trinajstić information content (AvgIpc) is 3.60. The molecule has 0 radical (unpaired) electrons. The molecule has 0 saturated heterocycles. The Bertz CT molecular complexity index is 1140. The van der Waals surface area contributed by atoms with Crippen molar-refractivity contribution in [2.75, 3.05) is 6.38 Å². The molecule has 4 aromatic carbocycles. The summed E-state index contributed by atoms with van der Waals surface area (Å²) in [5.74, 6) is 1.86. The molecule has 6 rings (SSSR count). The van der Waals surface area contributed by atoms with Crippen LogP contribution in [0.5, 0.6) is 0 Å². The fraction of sp³-hybridized carbons (Fsp3) is 0.0370. The Hall–Kier alpha value is -2.62. The Labute approximate surface area is 205 Å². The smallest absolute Gasteiger partial charge is 0.499 e. The molecule has 0 saturated carbocycles. The van der Waals surface area contributed by atoms with Crippen molar-refractivity contribution in [1.82, 2.24) is 0 Å². The van der Waals surface area contributed by atoms with E-state index in [1.54, 1.807) is 12.5 Å². The van der Waals surface area contributed by atoms with Gasteiger partial charge in [0.15, 0.2) is 0 Å². The minimum Gasteiger partial charge on any atom is -0.499 e. The molecule has 0 unspecified atom stereocenters. The summed E-state index contributed by atoms with van der Waals surface area (Å²) in [5, 5.41) is 5.05. The number of furan rings is 2. The van der Waals surface area contributed by atoms with Crippen LogP contribution in [-0.4, -0.2) is 6.38 Å². The fourth-order valence-electron chi connectivity index (χ4n) is 3.47. The molecule has 2 heterocycles. The SMILES string of the molecule is CCl.[Hf+4].c1coc(-c2cc3ccccc3[cH-]2)c1.c1coc(-c2cc3ccccc3[cH-]2)c1. The summed E-state index contributed by atoms with van der Waals surface area (Å²) in [6, 6.07) is 33.0. The van der Waals surface area contributed by atoms with Gasteiger partial charge in [-0.2, -0.15) is 0 Å². The van der Waals surface area contributed by atoms with Crippen LogP contribution in [0.2, 0.25) is 0 Å². The zero-order valence-electron chi connectivity index (χ0n) is 17.1. The van der Waals surface area contributed by atoms with Crippen LogP contribution >= 0.6 is 11.6 Å². The first-order chi connectivity index (χ1) is 14.9. The van der Waals surface area contributed by atoms with Crippen LogP contribution in [0.4, 0.5) is 0 Å². The second-order valence-electron chi connectivity index (χ2n) is 6.70. The third-order valence-corrected chi connectivity index (χ3v) is 4.85. The van der Waals surface area contributed by atoms with Crippen LogP contribution in [0.25, 0.3) is 44.2 Å². The molecule has 0 spiro atoms. The number of fused-ring (bicyclic) bond motifs is 2. The molecule has 6 aromatic rings. The average molecular weight is 591 g/mol. The van der Waals surface area contributed by atoms with Gasteiger partial charge in [-0.25, -0.2) is 0 Å². The summed E-state index contributed by atoms with van der Waals surface area (Å²) in [7, 11) is 0. The van der Waals surface area contributed by atoms with Gasteiger partial charge in [0.1, 0.15) is 0 Å². The molecule has 0 N–H and O–H groups in total. The van der Waals surface area contributed by atoms with Crippen LogP contribution in [0.15, 0.2) is 118 Å². The zero-order valence-corrected chi connectivity index (χ0v) is 21.4. The molecule has 0 fully saturated rings. The number of halogens is 1. The first kappa shape index (κ1) is 23.1. The molecule has 0 aliphatic heterocycles. The predicted octanol–water partition coefficient (Wildman–Crippen LogP) is 8.49. The number of benzene rings is 2. The molecule has 4 heteroatoms. The van der Waals surface area contributed by atoms with Gasteiger partial charge in [-0.15, -0.1) is 69.5 Å². The molecule has 0 aliphatic carbocycles. The maximum absolute atomic E-state index is 5.35. The van der Waals surface area contributed by atoms with Gasteiger partial charge in [-0.1, -0.05) is 59.7 Å². The molecular weight excluding hydrogens is 570 g/mol. The van der Waals surface area contributed by atoms with E-state index in [9.17, 15) is 0 Å². The van der Waals surface area contributed by atoms with Gasteiger partial charge >= 0.3 is 25.8 Å². The summed E-state index contributed by atoms with van der Waals surface area (Å²) in [6.07, 6.45) is 4.88. The summed E-state index contributed by atoms with van der Waals surface area (Å²) >= 11 is 4.64. The van der Waals surface area contributed by atoms with E-state index in [0.717, 1.165) is 22.6 Å². The normalized spacial score (nSPS) is 10.0. The third kappa shape index (κ3) is 5.36. The standard InChI is InChI=1S/2C13H9O.CH3Cl.Hf/c2*1-2-5-11-9-12(8-10(11)4-1)13-6-3-7-14-13;1-2;/h2*1-9H;1H3;/q2*-1;;+4. The minimum absolute atomic E-state index is 0. The molecule has 0 bridgehead atoms. The quantitative estimate of drug-likeness (QED) is 0.115. The molecule has 150 valence electrons. The van der Waals surface area contributed by atoms with Crippen LogP contribution in [0, 0.1) is 0 Å². The van der Waals surface area contributed by atoms with Crippen molar-refractivity contribution in [1.29, 1.82) is 0 Å². The van der Waals surface area contributed by atoms with Gasteiger partial charge in [-0.05, 0) is 12.1 Å². The van der Waals surface area contributed by atoms with Crippen molar-refractivity contribution in [2.45, 2.75) is 0 Å². The summed E-state index contributed by atoms with van der Waals surface area (Å²) in [5.41, 5.74) is 2.30. The van der Waals surface area contributed by atoms with E-state index in [0.29, 0.717) is 0 Å². The van der Waals surface area contributed by atoms with Gasteiger partial charge in [0.25, 0.3) is 0 Å². The van der Waals surface area contributed by atoms with E-state index >= 15 is 0 Å². The van der Waals surface area contributed by atoms with E-state index in [2.05, 4.69) is 60.1 Å². The van der Waals surface area contributed by atoms with Crippen molar-refractivity contribution in [3.8, 4) is 22.6 Å². The van der Waals surface area contributed by atoms with Crippen LogP contribution in [0.3, 0.4) is 0 Å². The maximum Gasteiger partial charge on any atom is 4.00 e. The van der Waals surface area contributed by atoms with Crippen LogP contribution in [-0.2, 0) is 25.8 Å². The van der Waals surface area contributed by atoms with Crippen molar-refractivity contribution in [3.05, 3.63) is 110 Å². The number of hydrogen-bond acceptors (Lipinski definition) is 2. The molecule has 2 aromatic heterocycles. The summed E-state index contributed by atoms with van der Waals surface area (Å²) in [4.78, 5) is 0. The minimum atomic E-state index is 0. The first-order valence-electron chi connectivity index (χ1n) is 9.63. The Kier molecular flexibility index (Phi) is 8.27. The van der Waals surface area contributed by atoms with Crippen molar-refractivity contribution >= 4 is 33.1 Å². The Morgan fingerprint density at radius 1 is 0.581 bits per heavy atom. The second kappa shape index (κ2) is 11.1. The third-order valence-electron chi connectivity index (χ3n) is 4.85. The van der Waals surface area contributed by atoms with Gasteiger partial charge in [0.05, 0.1) is 24.0 Å². The topological polar surface area (TPSA) is 26.3 Å². The summed E-state index contributed by atoms with van der Waals surface area (Å²) < 4.78 is 10.7. The van der Waals surface area contributed by atoms with Gasteiger partial charge < -0.3 is 8.83 Å². The van der Waals surface area contributed by atoms with E-state index in [1.807, 2.05) is 48.5 Å². The molecule has 31 heavy (non-hydrogen) atoms. The molecule has 0 aliphatic rings. The number of hydrogen-bond donors (Lipinski definition) is 0. The Morgan fingerprint density at radius 2 is 1.00 bits per heavy atom. The van der Waals surface area contributed by atoms with Crippen molar-refractivity contribution in [3.63, 3.8) is 0 Å². The molecule has 0 amide bonds. The van der Waals surface area contributed by atoms with E-state index < -0.39 is 0 Å². The monoisotopic (exact) mass is 592 g/mol. The van der Waals surface area contributed by atoms with E-state index in [1.165, 1.54) is 27.9 Å². The second-order valence-corrected chi connectivity index (χ2v) is 6.70. The van der Waals surface area contributed by atoms with Crippen molar-refractivity contribution in [2.24, 2.45) is 0 Å². The Morgan fingerprint density at radius 3 is 1.35 bits per heavy atom. The maximum atomic E-state index is 5.35. The fourth-order valence-corrected chi connectivity index (χ4v) is 3.47. The largest absolute Gasteiger partial charge is 4.00 e. The number of alkyl halides is 1. The van der Waals surface area contributed by atoms with Crippen LogP contribution in [0.1, 0.15) is 0 Å². The summed E-state index contributed by atoms with van der Waals surface area (Å²) in [6.45, 7) is 0. The van der Waals surface area contributed by atoms with E-state index in [-0.39, 0.29) is 25.8 Å². The number of rotatable bonds is 2. The van der Waals surface area contributed by atoms with Crippen molar-refractivity contribution < 1.29 is 34.7 Å². The van der Waals surface area contributed by atoms with Gasteiger partial charge in [-0.3, -0.25) is 0 Å². The van der Waals surface area contributed by atoms with Crippen LogP contribution < -0.4 is 0 Å². The molecule has 0 atom stereocenters. The molecule has 2 nitrogen and oxygen atoms in total. The zero-order chi connectivity index (χ0) is 20.8. The van der Waals surface area contributed by atoms with Gasteiger partial charge in [0.2, 0.25) is 0 Å². The van der Waals surface area contributed by atoms with E-state index in [4.69, 9.17) is 8.83 Å². The first-order valence-corrected chi connectivity index (χ1v) is 10.4. The molecular formula is C27H21ClHfO2+2.